The van der Waals surface area contributed by atoms with Gasteiger partial charge in [-0.15, -0.1) is 11.8 Å². The van der Waals surface area contributed by atoms with Crippen LogP contribution in [-0.2, 0) is 9.59 Å². The third-order valence-corrected chi connectivity index (χ3v) is 3.83. The molecule has 2 atom stereocenters. The van der Waals surface area contributed by atoms with Gasteiger partial charge in [-0.1, -0.05) is 30.3 Å². The summed E-state index contributed by atoms with van der Waals surface area (Å²) in [6, 6.07) is 8.41. The van der Waals surface area contributed by atoms with Crippen LogP contribution < -0.4 is 5.32 Å². The molecular weight excluding hydrogens is 266 g/mol. The molecule has 19 heavy (non-hydrogen) atoms. The number of benzene rings is 1. The number of aliphatic hydroxyl groups is 1. The number of carboxylic acid groups (broad SMARTS) is 1. The second kappa shape index (κ2) is 7.81. The standard InChI is InChI=1S/C13H17NO4S/c1-9(16)14-11(13(17)18)8-19-12(7-15)10-5-3-2-4-6-10/h2-6,11-12,15H,7-8H2,1H3,(H,14,16)(H,17,18)/t11-,12+/m1/s1. The normalized spacial score (nSPS) is 13.6. The summed E-state index contributed by atoms with van der Waals surface area (Å²) in [5.41, 5.74) is 0.932. The molecule has 5 nitrogen and oxygen atoms in total. The zero-order valence-electron chi connectivity index (χ0n) is 10.6. The fraction of sp³-hybridized carbons (Fsp3) is 0.385. The number of amides is 1. The average Bonchev–Trinajstić information content (AvgIpc) is 2.38. The van der Waals surface area contributed by atoms with Crippen molar-refractivity contribution in [2.45, 2.75) is 18.2 Å². The molecule has 0 spiro atoms. The van der Waals surface area contributed by atoms with Gasteiger partial charge in [-0.25, -0.2) is 4.79 Å². The molecule has 104 valence electrons. The molecule has 3 N–H and O–H groups in total. The van der Waals surface area contributed by atoms with Gasteiger partial charge in [-0.2, -0.15) is 0 Å². The van der Waals surface area contributed by atoms with Gasteiger partial charge in [0.25, 0.3) is 0 Å². The number of aliphatic carboxylic acids is 1. The summed E-state index contributed by atoms with van der Waals surface area (Å²) in [6.45, 7) is 1.20. The Morgan fingerprint density at radius 1 is 1.32 bits per heavy atom. The second-order valence-electron chi connectivity index (χ2n) is 4.01. The van der Waals surface area contributed by atoms with Crippen molar-refractivity contribution in [3.05, 3.63) is 35.9 Å². The van der Waals surface area contributed by atoms with Gasteiger partial charge in [0.15, 0.2) is 0 Å². The van der Waals surface area contributed by atoms with Crippen LogP contribution >= 0.6 is 11.8 Å². The van der Waals surface area contributed by atoms with Crippen LogP contribution in [0, 0.1) is 0 Å². The van der Waals surface area contributed by atoms with Gasteiger partial charge in [0.1, 0.15) is 6.04 Å². The van der Waals surface area contributed by atoms with E-state index < -0.39 is 12.0 Å². The van der Waals surface area contributed by atoms with E-state index >= 15 is 0 Å². The monoisotopic (exact) mass is 283 g/mol. The predicted octanol–water partition coefficient (Wildman–Crippen LogP) is 1.04. The molecule has 0 aromatic heterocycles. The fourth-order valence-electron chi connectivity index (χ4n) is 1.55. The Kier molecular flexibility index (Phi) is 6.38. The molecule has 0 saturated carbocycles. The van der Waals surface area contributed by atoms with Crippen LogP contribution in [0.25, 0.3) is 0 Å². The SMILES string of the molecule is CC(=O)N[C@H](CS[C@@H](CO)c1ccccc1)C(=O)O. The first-order valence-corrected chi connectivity index (χ1v) is 6.86. The van der Waals surface area contributed by atoms with Crippen LogP contribution in [0.4, 0.5) is 0 Å². The third-order valence-electron chi connectivity index (χ3n) is 2.48. The minimum atomic E-state index is -1.08. The molecule has 1 amide bonds. The Balaban J connectivity index is 2.61. The Morgan fingerprint density at radius 3 is 2.42 bits per heavy atom. The summed E-state index contributed by atoms with van der Waals surface area (Å²) < 4.78 is 0. The molecular formula is C13H17NO4S. The van der Waals surface area contributed by atoms with Gasteiger partial charge >= 0.3 is 5.97 Å². The van der Waals surface area contributed by atoms with Gasteiger partial charge in [-0.05, 0) is 5.56 Å². The lowest BCUT2D eigenvalue weighted by molar-refractivity contribution is -0.140. The highest BCUT2D eigenvalue weighted by molar-refractivity contribution is 7.99. The summed E-state index contributed by atoms with van der Waals surface area (Å²) in [7, 11) is 0. The number of carbonyl (C=O) groups excluding carboxylic acids is 1. The topological polar surface area (TPSA) is 86.6 Å². The van der Waals surface area contributed by atoms with Gasteiger partial charge in [0.05, 0.1) is 11.9 Å². The second-order valence-corrected chi connectivity index (χ2v) is 5.24. The smallest absolute Gasteiger partial charge is 0.327 e. The molecule has 0 aliphatic carbocycles. The molecule has 1 aromatic rings. The minimum Gasteiger partial charge on any atom is -0.480 e. The van der Waals surface area contributed by atoms with Crippen molar-refractivity contribution < 1.29 is 19.8 Å². The number of carbonyl (C=O) groups is 2. The summed E-state index contributed by atoms with van der Waals surface area (Å²) in [4.78, 5) is 21.9. The average molecular weight is 283 g/mol. The molecule has 0 radical (unpaired) electrons. The Hall–Kier alpha value is -1.53. The molecule has 0 heterocycles. The molecule has 0 unspecified atom stereocenters. The molecule has 0 bridgehead atoms. The van der Waals surface area contributed by atoms with Crippen LogP contribution in [0.2, 0.25) is 0 Å². The van der Waals surface area contributed by atoms with Crippen molar-refractivity contribution in [2.75, 3.05) is 12.4 Å². The quantitative estimate of drug-likeness (QED) is 0.696. The highest BCUT2D eigenvalue weighted by atomic mass is 32.2. The van der Waals surface area contributed by atoms with E-state index in [0.717, 1.165) is 5.56 Å². The number of rotatable bonds is 7. The van der Waals surface area contributed by atoms with Crippen LogP contribution in [0.5, 0.6) is 0 Å². The lowest BCUT2D eigenvalue weighted by Crippen LogP contribution is -2.41. The van der Waals surface area contributed by atoms with Crippen LogP contribution in [0.1, 0.15) is 17.7 Å². The molecule has 6 heteroatoms. The van der Waals surface area contributed by atoms with E-state index in [1.807, 2.05) is 30.3 Å². The maximum absolute atomic E-state index is 11.0. The molecule has 0 saturated heterocycles. The maximum atomic E-state index is 11.0. The maximum Gasteiger partial charge on any atom is 0.327 e. The van der Waals surface area contributed by atoms with E-state index in [1.165, 1.54) is 18.7 Å². The first kappa shape index (κ1) is 15.5. The van der Waals surface area contributed by atoms with Gasteiger partial charge in [0, 0.05) is 12.7 Å². The van der Waals surface area contributed by atoms with E-state index in [0.29, 0.717) is 0 Å². The number of carboxylic acids is 1. The van der Waals surface area contributed by atoms with E-state index in [-0.39, 0.29) is 23.5 Å². The third kappa shape index (κ3) is 5.32. The summed E-state index contributed by atoms with van der Waals surface area (Å²) in [5.74, 6) is -1.25. The van der Waals surface area contributed by atoms with Crippen LogP contribution in [-0.4, -0.2) is 40.5 Å². The number of thioether (sulfide) groups is 1. The van der Waals surface area contributed by atoms with Crippen molar-refractivity contribution >= 4 is 23.6 Å². The number of hydrogen-bond donors (Lipinski definition) is 3. The number of hydrogen-bond acceptors (Lipinski definition) is 4. The number of aliphatic hydroxyl groups excluding tert-OH is 1. The Morgan fingerprint density at radius 2 is 1.95 bits per heavy atom. The van der Waals surface area contributed by atoms with Crippen LogP contribution in [0.15, 0.2) is 30.3 Å². The van der Waals surface area contributed by atoms with Crippen molar-refractivity contribution in [1.29, 1.82) is 0 Å². The molecule has 0 aliphatic heterocycles. The van der Waals surface area contributed by atoms with Crippen molar-refractivity contribution in [3.63, 3.8) is 0 Å². The van der Waals surface area contributed by atoms with E-state index in [4.69, 9.17) is 5.11 Å². The highest BCUT2D eigenvalue weighted by Gasteiger charge is 2.21. The Labute approximate surface area is 116 Å². The fourth-order valence-corrected chi connectivity index (χ4v) is 2.66. The lowest BCUT2D eigenvalue weighted by Gasteiger charge is -2.18. The molecule has 0 aliphatic rings. The van der Waals surface area contributed by atoms with E-state index in [2.05, 4.69) is 5.32 Å². The van der Waals surface area contributed by atoms with E-state index in [9.17, 15) is 14.7 Å². The van der Waals surface area contributed by atoms with Crippen molar-refractivity contribution in [2.24, 2.45) is 0 Å². The molecule has 1 rings (SSSR count). The molecule has 1 aromatic carbocycles. The van der Waals surface area contributed by atoms with E-state index in [1.54, 1.807) is 0 Å². The lowest BCUT2D eigenvalue weighted by atomic mass is 10.2. The predicted molar refractivity (Wildman–Crippen MR) is 74.0 cm³/mol. The minimum absolute atomic E-state index is 0.0823. The first-order chi connectivity index (χ1) is 9.04. The van der Waals surface area contributed by atoms with Crippen molar-refractivity contribution in [1.82, 2.24) is 5.32 Å². The zero-order valence-corrected chi connectivity index (χ0v) is 11.4. The highest BCUT2D eigenvalue weighted by Crippen LogP contribution is 2.28. The Bertz CT molecular complexity index is 424. The van der Waals surface area contributed by atoms with Gasteiger partial charge in [0.2, 0.25) is 5.91 Å². The van der Waals surface area contributed by atoms with Crippen molar-refractivity contribution in [3.8, 4) is 0 Å². The molecule has 0 fully saturated rings. The summed E-state index contributed by atoms with van der Waals surface area (Å²) in [6.07, 6.45) is 0. The summed E-state index contributed by atoms with van der Waals surface area (Å²) in [5, 5.41) is 20.5. The van der Waals surface area contributed by atoms with Gasteiger partial charge < -0.3 is 15.5 Å². The number of nitrogens with one attached hydrogen (secondary N) is 1. The summed E-state index contributed by atoms with van der Waals surface area (Å²) >= 11 is 1.31. The zero-order chi connectivity index (χ0) is 14.3. The van der Waals surface area contributed by atoms with Crippen LogP contribution in [0.3, 0.4) is 0 Å². The first-order valence-electron chi connectivity index (χ1n) is 5.82. The largest absolute Gasteiger partial charge is 0.480 e. The van der Waals surface area contributed by atoms with Gasteiger partial charge in [-0.3, -0.25) is 4.79 Å².